The average molecular weight is 360 g/mol. The van der Waals surface area contributed by atoms with Crippen LogP contribution < -0.4 is 4.74 Å². The number of benzene rings is 1. The van der Waals surface area contributed by atoms with E-state index in [-0.39, 0.29) is 22.8 Å². The van der Waals surface area contributed by atoms with Crippen molar-refractivity contribution < 1.29 is 24.0 Å². The summed E-state index contributed by atoms with van der Waals surface area (Å²) in [6, 6.07) is 5.35. The molecule has 8 nitrogen and oxygen atoms in total. The fourth-order valence-electron chi connectivity index (χ4n) is 2.83. The number of nitro benzene ring substituents is 1. The van der Waals surface area contributed by atoms with E-state index in [0.29, 0.717) is 5.56 Å². The van der Waals surface area contributed by atoms with Gasteiger partial charge in [0.25, 0.3) is 5.69 Å². The number of hydrogen-bond donors (Lipinski definition) is 0. The first-order valence-electron chi connectivity index (χ1n) is 7.99. The van der Waals surface area contributed by atoms with Crippen molar-refractivity contribution in [1.29, 1.82) is 0 Å². The van der Waals surface area contributed by atoms with Gasteiger partial charge in [0.2, 0.25) is 5.78 Å². The predicted octanol–water partition coefficient (Wildman–Crippen LogP) is 3.08. The van der Waals surface area contributed by atoms with Crippen LogP contribution in [0.3, 0.4) is 0 Å². The summed E-state index contributed by atoms with van der Waals surface area (Å²) in [6.07, 6.45) is 0. The molecule has 0 aliphatic rings. The third-order valence-electron chi connectivity index (χ3n) is 4.14. The van der Waals surface area contributed by atoms with Gasteiger partial charge in [-0.2, -0.15) is 0 Å². The highest BCUT2D eigenvalue weighted by molar-refractivity contribution is 6.01. The zero-order valence-electron chi connectivity index (χ0n) is 15.1. The van der Waals surface area contributed by atoms with Gasteiger partial charge in [-0.1, -0.05) is 0 Å². The summed E-state index contributed by atoms with van der Waals surface area (Å²) in [6.45, 7) is 5.97. The smallest absolute Gasteiger partial charge is 0.342 e. The van der Waals surface area contributed by atoms with Gasteiger partial charge in [-0.3, -0.25) is 14.9 Å². The first-order chi connectivity index (χ1) is 12.3. The van der Waals surface area contributed by atoms with Gasteiger partial charge in [0.05, 0.1) is 12.0 Å². The first-order valence-corrected chi connectivity index (χ1v) is 7.99. The topological polar surface area (TPSA) is 101 Å². The Morgan fingerprint density at radius 1 is 1.19 bits per heavy atom. The highest BCUT2D eigenvalue weighted by atomic mass is 16.6. The van der Waals surface area contributed by atoms with Crippen molar-refractivity contribution in [2.75, 3.05) is 13.7 Å². The fourth-order valence-corrected chi connectivity index (χ4v) is 2.83. The Bertz CT molecular complexity index is 869. The number of methoxy groups -OCH3 is 1. The van der Waals surface area contributed by atoms with Gasteiger partial charge >= 0.3 is 5.97 Å². The molecule has 0 saturated heterocycles. The van der Waals surface area contributed by atoms with E-state index in [2.05, 4.69) is 0 Å². The Balaban J connectivity index is 2.17. The Morgan fingerprint density at radius 2 is 1.88 bits per heavy atom. The van der Waals surface area contributed by atoms with Crippen LogP contribution in [0.5, 0.6) is 5.75 Å². The minimum absolute atomic E-state index is 0.103. The SMILES string of the molecule is CCn1c(C)cc(C(=O)COC(=O)c2cc([N+](=O)[O-])ccc2OC)c1C. The second-order valence-corrected chi connectivity index (χ2v) is 5.67. The monoisotopic (exact) mass is 360 g/mol. The van der Waals surface area contributed by atoms with Crippen LogP contribution in [0.1, 0.15) is 39.0 Å². The van der Waals surface area contributed by atoms with Crippen LogP contribution in [-0.4, -0.2) is 35.0 Å². The summed E-state index contributed by atoms with van der Waals surface area (Å²) >= 11 is 0. The molecule has 0 unspecified atom stereocenters. The molecule has 0 atom stereocenters. The summed E-state index contributed by atoms with van der Waals surface area (Å²) in [7, 11) is 1.34. The van der Waals surface area contributed by atoms with Gasteiger partial charge in [0.1, 0.15) is 11.3 Å². The molecule has 0 N–H and O–H groups in total. The second-order valence-electron chi connectivity index (χ2n) is 5.67. The molecule has 26 heavy (non-hydrogen) atoms. The van der Waals surface area contributed by atoms with E-state index in [4.69, 9.17) is 9.47 Å². The van der Waals surface area contributed by atoms with E-state index in [9.17, 15) is 19.7 Å². The quantitative estimate of drug-likeness (QED) is 0.325. The molecule has 0 bridgehead atoms. The van der Waals surface area contributed by atoms with Crippen LogP contribution in [0.4, 0.5) is 5.69 Å². The van der Waals surface area contributed by atoms with E-state index < -0.39 is 17.5 Å². The highest BCUT2D eigenvalue weighted by Crippen LogP contribution is 2.25. The van der Waals surface area contributed by atoms with Gasteiger partial charge in [-0.15, -0.1) is 0 Å². The van der Waals surface area contributed by atoms with Crippen LogP contribution in [0.15, 0.2) is 24.3 Å². The molecule has 2 rings (SSSR count). The van der Waals surface area contributed by atoms with Crippen LogP contribution in [-0.2, 0) is 11.3 Å². The van der Waals surface area contributed by atoms with Crippen LogP contribution in [0.2, 0.25) is 0 Å². The van der Waals surface area contributed by atoms with Gasteiger partial charge in [-0.25, -0.2) is 4.79 Å². The van der Waals surface area contributed by atoms with Crippen molar-refractivity contribution in [2.45, 2.75) is 27.3 Å². The lowest BCUT2D eigenvalue weighted by molar-refractivity contribution is -0.384. The Morgan fingerprint density at radius 3 is 2.42 bits per heavy atom. The number of non-ortho nitro benzene ring substituents is 1. The van der Waals surface area contributed by atoms with Crippen molar-refractivity contribution in [3.8, 4) is 5.75 Å². The highest BCUT2D eigenvalue weighted by Gasteiger charge is 2.21. The van der Waals surface area contributed by atoms with Gasteiger partial charge < -0.3 is 14.0 Å². The van der Waals surface area contributed by atoms with Crippen molar-refractivity contribution in [3.63, 3.8) is 0 Å². The molecule has 1 aromatic carbocycles. The number of esters is 1. The summed E-state index contributed by atoms with van der Waals surface area (Å²) < 4.78 is 12.1. The Hall–Kier alpha value is -3.16. The van der Waals surface area contributed by atoms with E-state index in [1.807, 2.05) is 25.3 Å². The summed E-state index contributed by atoms with van der Waals surface area (Å²) in [5.41, 5.74) is 1.87. The van der Waals surface area contributed by atoms with Crippen LogP contribution in [0, 0.1) is 24.0 Å². The normalized spacial score (nSPS) is 10.5. The summed E-state index contributed by atoms with van der Waals surface area (Å²) in [5, 5.41) is 10.9. The molecule has 0 saturated carbocycles. The number of ether oxygens (including phenoxy) is 2. The summed E-state index contributed by atoms with van der Waals surface area (Å²) in [4.78, 5) is 34.9. The molecule has 0 aliphatic carbocycles. The largest absolute Gasteiger partial charge is 0.496 e. The molecular weight excluding hydrogens is 340 g/mol. The van der Waals surface area contributed by atoms with Gasteiger partial charge in [0, 0.05) is 35.6 Å². The fraction of sp³-hybridized carbons (Fsp3) is 0.333. The van der Waals surface area contributed by atoms with E-state index in [1.54, 1.807) is 6.07 Å². The molecule has 0 radical (unpaired) electrons. The minimum Gasteiger partial charge on any atom is -0.496 e. The number of Topliss-reactive ketones (excluding diaryl/α,β-unsaturated/α-hetero) is 1. The zero-order valence-corrected chi connectivity index (χ0v) is 15.1. The number of carbonyl (C=O) groups excluding carboxylic acids is 2. The third kappa shape index (κ3) is 3.74. The number of nitrogens with zero attached hydrogens (tertiary/aromatic N) is 2. The number of aryl methyl sites for hydroxylation is 1. The number of ketones is 1. The molecule has 0 amide bonds. The number of nitro groups is 1. The minimum atomic E-state index is -0.858. The van der Waals surface area contributed by atoms with Crippen molar-refractivity contribution in [3.05, 3.63) is 56.9 Å². The standard InChI is InChI=1S/C18H20N2O6/c1-5-19-11(2)8-14(12(19)3)16(21)10-26-18(22)15-9-13(20(23)24)6-7-17(15)25-4/h6-9H,5,10H2,1-4H3. The maximum absolute atomic E-state index is 12.4. The molecular formula is C18H20N2O6. The average Bonchev–Trinajstić information content (AvgIpc) is 2.92. The molecule has 138 valence electrons. The zero-order chi connectivity index (χ0) is 19.4. The number of aromatic nitrogens is 1. The predicted molar refractivity (Wildman–Crippen MR) is 93.8 cm³/mol. The van der Waals surface area contributed by atoms with Crippen LogP contribution >= 0.6 is 0 Å². The lowest BCUT2D eigenvalue weighted by Gasteiger charge is -2.09. The van der Waals surface area contributed by atoms with Crippen LogP contribution in [0.25, 0.3) is 0 Å². The maximum Gasteiger partial charge on any atom is 0.342 e. The maximum atomic E-state index is 12.4. The van der Waals surface area contributed by atoms with Crippen molar-refractivity contribution >= 4 is 17.4 Å². The number of carbonyl (C=O) groups is 2. The van der Waals surface area contributed by atoms with E-state index >= 15 is 0 Å². The molecule has 2 aromatic rings. The molecule has 1 heterocycles. The Labute approximate surface area is 150 Å². The Kier molecular flexibility index (Phi) is 5.76. The molecule has 8 heteroatoms. The lowest BCUT2D eigenvalue weighted by atomic mass is 10.1. The van der Waals surface area contributed by atoms with Gasteiger partial charge in [0.15, 0.2) is 6.61 Å². The molecule has 0 fully saturated rings. The molecule has 1 aromatic heterocycles. The lowest BCUT2D eigenvalue weighted by Crippen LogP contribution is -2.16. The molecule has 0 aliphatic heterocycles. The van der Waals surface area contributed by atoms with Gasteiger partial charge in [-0.05, 0) is 32.9 Å². The second kappa shape index (κ2) is 7.81. The van der Waals surface area contributed by atoms with Crippen molar-refractivity contribution in [2.24, 2.45) is 0 Å². The van der Waals surface area contributed by atoms with E-state index in [1.165, 1.54) is 19.2 Å². The van der Waals surface area contributed by atoms with E-state index in [0.717, 1.165) is 24.0 Å². The summed E-state index contributed by atoms with van der Waals surface area (Å²) in [5.74, 6) is -1.06. The first kappa shape index (κ1) is 19.2. The van der Waals surface area contributed by atoms with Crippen molar-refractivity contribution in [1.82, 2.24) is 4.57 Å². The molecule has 0 spiro atoms. The number of rotatable bonds is 7. The number of hydrogen-bond acceptors (Lipinski definition) is 6. The third-order valence-corrected chi connectivity index (χ3v) is 4.14.